The summed E-state index contributed by atoms with van der Waals surface area (Å²) in [5.74, 6) is 5.24. The second kappa shape index (κ2) is 26.4. The molecule has 2 amide bonds. The minimum absolute atomic E-state index is 0.0905. The van der Waals surface area contributed by atoms with Crippen molar-refractivity contribution >= 4 is 35.1 Å². The van der Waals surface area contributed by atoms with Gasteiger partial charge in [0.15, 0.2) is 6.23 Å². The van der Waals surface area contributed by atoms with E-state index in [-0.39, 0.29) is 44.3 Å². The number of amides is 2. The number of ether oxygens (including phenoxy) is 5. The lowest BCUT2D eigenvalue weighted by Gasteiger charge is -2.25. The SMILES string of the molecule is CP(=O)(O)OP(=O)(O)OP(=O)(O)OC[C@H]1O[C@@H](n2cc(C#CCNC(=O)COCCOC(COc3cccc(C(=O)NCCNCC4CCC4)c3)N=[N+]=[N-])c(=O)[nH]c2=O)CC1OCN=[N+]=[N-]. The molecule has 7 N–H and O–H groups in total. The van der Waals surface area contributed by atoms with Gasteiger partial charge in [0.2, 0.25) is 5.91 Å². The summed E-state index contributed by atoms with van der Waals surface area (Å²) in [7, 11) is -15.7. The molecule has 1 saturated heterocycles. The van der Waals surface area contributed by atoms with Crippen LogP contribution in [0.5, 0.6) is 5.75 Å². The van der Waals surface area contributed by atoms with Crippen LogP contribution in [0, 0.1) is 17.8 Å². The Bertz CT molecular complexity index is 2410. The summed E-state index contributed by atoms with van der Waals surface area (Å²) < 4.78 is 76.6. The fraction of sp³-hybridized carbons (Fsp3) is 0.588. The van der Waals surface area contributed by atoms with Crippen molar-refractivity contribution in [3.63, 3.8) is 0 Å². The molecule has 2 aliphatic rings. The molecule has 0 bridgehead atoms. The van der Waals surface area contributed by atoms with E-state index in [0.29, 0.717) is 31.1 Å². The maximum Gasteiger partial charge on any atom is 0.488 e. The standard InChI is InChI=1S/C34H48N11O18P3/c1-64(50,51)62-66(54,55)63-65(52,53)60-19-28-27(59-22-40-43-35)16-31(61-28)45-18-25(33(48)41-34(45)49)8-4-10-38-29(46)20-56-13-14-57-30(42-44-36)21-58-26-9-3-7-24(15-26)32(47)39-12-11-37-17-23-5-2-6-23/h3,7,9,15,18,23,27-28,30-31,37H,2,5-6,10-14,16-17,19-22H2,1H3,(H,38,46)(H,39,47)(H,50,51)(H,52,53)(H,54,55)(H,41,48,49)/t27?,28-,30?,31-/m1/s1. The molecule has 0 spiro atoms. The summed E-state index contributed by atoms with van der Waals surface area (Å²) in [5, 5.41) is 15.4. The molecule has 29 nitrogen and oxygen atoms in total. The number of carbonyl (C=O) groups excluding carboxylic acids is 2. The number of aromatic amines is 1. The molecular weight excluding hydrogens is 943 g/mol. The predicted octanol–water partition coefficient (Wildman–Crippen LogP) is 1.88. The highest BCUT2D eigenvalue weighted by atomic mass is 31.3. The Labute approximate surface area is 374 Å². The third kappa shape index (κ3) is 19.5. The first-order valence-corrected chi connectivity index (χ1v) is 24.8. The lowest BCUT2D eigenvalue weighted by molar-refractivity contribution is -0.126. The number of hydrogen-bond donors (Lipinski definition) is 7. The zero-order valence-electron chi connectivity index (χ0n) is 35.1. The van der Waals surface area contributed by atoms with Gasteiger partial charge in [-0.05, 0) is 54.6 Å². The van der Waals surface area contributed by atoms with Crippen molar-refractivity contribution in [3.05, 3.63) is 83.3 Å². The van der Waals surface area contributed by atoms with E-state index < -0.39 is 85.0 Å². The predicted molar refractivity (Wildman–Crippen MR) is 226 cm³/mol. The fourth-order valence-electron chi connectivity index (χ4n) is 5.85. The lowest BCUT2D eigenvalue weighted by Crippen LogP contribution is -2.35. The fourth-order valence-corrected chi connectivity index (χ4v) is 9.33. The van der Waals surface area contributed by atoms with Gasteiger partial charge in [-0.2, -0.15) is 4.31 Å². The van der Waals surface area contributed by atoms with Crippen LogP contribution in [-0.4, -0.2) is 127 Å². The molecule has 4 rings (SSSR count). The van der Waals surface area contributed by atoms with E-state index in [4.69, 9.17) is 44.2 Å². The Kier molecular flexibility index (Phi) is 21.5. The van der Waals surface area contributed by atoms with E-state index in [1.54, 1.807) is 24.3 Å². The van der Waals surface area contributed by atoms with Crippen molar-refractivity contribution in [3.8, 4) is 17.6 Å². The van der Waals surface area contributed by atoms with Gasteiger partial charge in [0.25, 0.3) is 11.5 Å². The Morgan fingerprint density at radius 1 is 1.08 bits per heavy atom. The molecule has 362 valence electrons. The van der Waals surface area contributed by atoms with Crippen LogP contribution >= 0.6 is 23.2 Å². The Hall–Kier alpha value is -4.93. The lowest BCUT2D eigenvalue weighted by atomic mass is 9.85. The normalized spacial score (nSPS) is 20.0. The molecule has 1 saturated carbocycles. The maximum atomic E-state index is 12.8. The van der Waals surface area contributed by atoms with Gasteiger partial charge >= 0.3 is 28.9 Å². The summed E-state index contributed by atoms with van der Waals surface area (Å²) in [5.41, 5.74) is 15.8. The van der Waals surface area contributed by atoms with E-state index in [0.717, 1.165) is 23.2 Å². The topological polar surface area (TPSA) is 408 Å². The quantitative estimate of drug-likeness (QED) is 0.0160. The molecule has 32 heteroatoms. The molecule has 0 radical (unpaired) electrons. The van der Waals surface area contributed by atoms with E-state index in [1.807, 2.05) is 4.98 Å². The molecule has 2 fully saturated rings. The summed E-state index contributed by atoms with van der Waals surface area (Å²) in [6.45, 7) is 0.0214. The van der Waals surface area contributed by atoms with Gasteiger partial charge in [-0.25, -0.2) is 18.2 Å². The number of aromatic nitrogens is 2. The minimum Gasteiger partial charge on any atom is -0.491 e. The van der Waals surface area contributed by atoms with Crippen LogP contribution in [0.3, 0.4) is 0 Å². The highest BCUT2D eigenvalue weighted by Crippen LogP contribution is 2.66. The van der Waals surface area contributed by atoms with Crippen molar-refractivity contribution in [1.82, 2.24) is 25.5 Å². The first-order valence-electron chi connectivity index (χ1n) is 19.7. The average Bonchev–Trinajstić information content (AvgIpc) is 3.63. The molecule has 5 unspecified atom stereocenters. The first-order chi connectivity index (χ1) is 31.4. The van der Waals surface area contributed by atoms with Gasteiger partial charge in [-0.3, -0.25) is 33.0 Å². The van der Waals surface area contributed by atoms with Crippen LogP contribution in [-0.2, 0) is 50.6 Å². The molecule has 1 aromatic carbocycles. The largest absolute Gasteiger partial charge is 0.491 e. The number of nitrogens with one attached hydrogen (secondary N) is 4. The minimum atomic E-state index is -5.59. The summed E-state index contributed by atoms with van der Waals surface area (Å²) >= 11 is 0. The maximum absolute atomic E-state index is 12.8. The molecule has 1 aromatic heterocycles. The molecule has 66 heavy (non-hydrogen) atoms. The van der Waals surface area contributed by atoms with Crippen molar-refractivity contribution < 1.29 is 74.8 Å². The number of H-pyrrole nitrogens is 1. The molecule has 7 atom stereocenters. The number of benzene rings is 1. The van der Waals surface area contributed by atoms with E-state index in [9.17, 15) is 42.7 Å². The second-order valence-electron chi connectivity index (χ2n) is 14.1. The molecule has 2 heterocycles. The molecule has 1 aliphatic carbocycles. The van der Waals surface area contributed by atoms with Gasteiger partial charge in [0, 0.05) is 47.8 Å². The number of carbonyl (C=O) groups is 2. The second-order valence-corrected chi connectivity index (χ2v) is 19.1. The van der Waals surface area contributed by atoms with Crippen LogP contribution in [0.1, 0.15) is 47.8 Å². The number of phosphoric ester groups is 1. The zero-order chi connectivity index (χ0) is 48.2. The number of azide groups is 2. The van der Waals surface area contributed by atoms with Crippen LogP contribution in [0.2, 0.25) is 0 Å². The summed E-state index contributed by atoms with van der Waals surface area (Å²) in [6.07, 6.45) is -0.258. The Morgan fingerprint density at radius 3 is 2.58 bits per heavy atom. The monoisotopic (exact) mass is 991 g/mol. The Morgan fingerprint density at radius 2 is 1.86 bits per heavy atom. The first kappa shape index (κ1) is 53.7. The van der Waals surface area contributed by atoms with Crippen molar-refractivity contribution in [2.75, 3.05) is 72.6 Å². The van der Waals surface area contributed by atoms with E-state index >= 15 is 0 Å². The third-order valence-corrected chi connectivity index (χ3v) is 13.2. The number of hydrogen-bond acceptors (Lipinski definition) is 18. The Balaban J connectivity index is 1.20. The highest BCUT2D eigenvalue weighted by Gasteiger charge is 2.43. The van der Waals surface area contributed by atoms with E-state index in [1.165, 1.54) is 19.3 Å². The average molecular weight is 992 g/mol. The van der Waals surface area contributed by atoms with Gasteiger partial charge in [0.1, 0.15) is 43.6 Å². The molecular formula is C34H48N11O18P3. The third-order valence-electron chi connectivity index (χ3n) is 9.01. The smallest absolute Gasteiger partial charge is 0.488 e. The number of phosphoric acid groups is 2. The van der Waals surface area contributed by atoms with Crippen LogP contribution in [0.15, 0.2) is 50.3 Å². The van der Waals surface area contributed by atoms with Crippen molar-refractivity contribution in [2.45, 2.75) is 50.3 Å². The van der Waals surface area contributed by atoms with Crippen molar-refractivity contribution in [2.24, 2.45) is 16.1 Å². The summed E-state index contributed by atoms with van der Waals surface area (Å²) in [6, 6.07) is 6.46. The van der Waals surface area contributed by atoms with Crippen molar-refractivity contribution in [1.29, 1.82) is 0 Å². The summed E-state index contributed by atoms with van der Waals surface area (Å²) in [4.78, 5) is 86.1. The van der Waals surface area contributed by atoms with E-state index in [2.05, 4.69) is 56.5 Å². The zero-order valence-corrected chi connectivity index (χ0v) is 37.8. The van der Waals surface area contributed by atoms with Crippen LogP contribution < -0.4 is 31.9 Å². The number of rotatable bonds is 28. The van der Waals surface area contributed by atoms with Gasteiger partial charge in [-0.1, -0.05) is 34.6 Å². The number of nitrogens with zero attached hydrogens (tertiary/aromatic N) is 7. The van der Waals surface area contributed by atoms with Crippen LogP contribution in [0.4, 0.5) is 0 Å². The van der Waals surface area contributed by atoms with Gasteiger partial charge in [-0.15, -0.1) is 0 Å². The van der Waals surface area contributed by atoms with Gasteiger partial charge in [0.05, 0.1) is 32.5 Å². The highest BCUT2D eigenvalue weighted by molar-refractivity contribution is 7.68. The van der Waals surface area contributed by atoms with Crippen LogP contribution in [0.25, 0.3) is 20.9 Å². The molecule has 2 aromatic rings. The molecule has 1 aliphatic heterocycles. The van der Waals surface area contributed by atoms with Gasteiger partial charge < -0.3 is 54.3 Å².